The smallest absolute Gasteiger partial charge is 0.185 e. The van der Waals surface area contributed by atoms with E-state index in [1.165, 1.54) is 37.7 Å². The van der Waals surface area contributed by atoms with Crippen molar-refractivity contribution in [3.05, 3.63) is 101 Å². The van der Waals surface area contributed by atoms with E-state index in [-0.39, 0.29) is 24.7 Å². The normalized spacial score (nSPS) is 25.7. The van der Waals surface area contributed by atoms with E-state index in [1.54, 1.807) is 0 Å². The predicted octanol–water partition coefficient (Wildman–Crippen LogP) is 5.97. The molecule has 2 aliphatic rings. The first kappa shape index (κ1) is 25.0. The topological polar surface area (TPSA) is 68.0 Å². The number of hydrogen-bond donors (Lipinski definition) is 2. The van der Waals surface area contributed by atoms with Crippen LogP contribution in [0.15, 0.2) is 78.9 Å². The number of hydrogen-bond acceptors (Lipinski definition) is 5. The van der Waals surface area contributed by atoms with Gasteiger partial charge in [-0.05, 0) is 54.8 Å². The van der Waals surface area contributed by atoms with Crippen molar-refractivity contribution in [2.45, 2.75) is 63.1 Å². The van der Waals surface area contributed by atoms with Crippen LogP contribution in [-0.2, 0) is 16.1 Å². The van der Waals surface area contributed by atoms with Gasteiger partial charge in [0.1, 0.15) is 0 Å². The molecular formula is C31H38N2O3. The molecule has 0 aliphatic carbocycles. The molecule has 2 heterocycles. The van der Waals surface area contributed by atoms with Crippen LogP contribution in [0, 0.1) is 0 Å². The summed E-state index contributed by atoms with van der Waals surface area (Å²) in [5.41, 5.74) is 11.0. The van der Waals surface area contributed by atoms with Crippen molar-refractivity contribution in [1.82, 2.24) is 4.90 Å². The third kappa shape index (κ3) is 5.98. The lowest BCUT2D eigenvalue weighted by Gasteiger charge is -2.44. The summed E-state index contributed by atoms with van der Waals surface area (Å²) in [5, 5.41) is 9.58. The van der Waals surface area contributed by atoms with Crippen molar-refractivity contribution in [2.24, 2.45) is 0 Å². The number of nitrogens with zero attached hydrogens (tertiary/aromatic N) is 1. The Morgan fingerprint density at radius 2 is 1.44 bits per heavy atom. The number of likely N-dealkylation sites (tertiary alicyclic amines) is 1. The summed E-state index contributed by atoms with van der Waals surface area (Å²) in [4.78, 5) is 2.59. The minimum Gasteiger partial charge on any atom is -0.399 e. The summed E-state index contributed by atoms with van der Waals surface area (Å²) in [6.07, 6.45) is 5.69. The van der Waals surface area contributed by atoms with E-state index in [1.807, 2.05) is 36.4 Å². The third-order valence-corrected chi connectivity index (χ3v) is 7.54. The standard InChI is InChI=1S/C31H38N2O3/c32-27-13-9-12-26(20-27)31-35-28(21-33-18-7-2-1-3-8-19-33)29(24-10-5-4-6-11-24)30(36-31)25-16-14-23(22-34)15-17-25/h4-6,9-17,20,28-31,34H,1-3,7-8,18-19,21-22,32H2/t28-,29-,30+,31?/m1/s1. The summed E-state index contributed by atoms with van der Waals surface area (Å²) in [6.45, 7) is 3.12. The highest BCUT2D eigenvalue weighted by Crippen LogP contribution is 2.47. The Labute approximate surface area is 214 Å². The van der Waals surface area contributed by atoms with Crippen LogP contribution < -0.4 is 5.73 Å². The van der Waals surface area contributed by atoms with E-state index < -0.39 is 6.29 Å². The second-order valence-electron chi connectivity index (χ2n) is 10.1. The van der Waals surface area contributed by atoms with Gasteiger partial charge < -0.3 is 25.2 Å². The molecule has 0 saturated carbocycles. The van der Waals surface area contributed by atoms with Gasteiger partial charge in [0.25, 0.3) is 0 Å². The molecule has 2 fully saturated rings. The van der Waals surface area contributed by atoms with Crippen LogP contribution in [0.3, 0.4) is 0 Å². The van der Waals surface area contributed by atoms with Crippen LogP contribution in [0.25, 0.3) is 0 Å². The maximum Gasteiger partial charge on any atom is 0.185 e. The molecule has 0 bridgehead atoms. The monoisotopic (exact) mass is 486 g/mol. The van der Waals surface area contributed by atoms with Crippen LogP contribution in [0.4, 0.5) is 5.69 Å². The second-order valence-corrected chi connectivity index (χ2v) is 10.1. The summed E-state index contributed by atoms with van der Waals surface area (Å²) >= 11 is 0. The number of anilines is 1. The van der Waals surface area contributed by atoms with Gasteiger partial charge in [-0.1, -0.05) is 86.0 Å². The van der Waals surface area contributed by atoms with E-state index in [4.69, 9.17) is 15.2 Å². The molecule has 5 nitrogen and oxygen atoms in total. The van der Waals surface area contributed by atoms with E-state index in [2.05, 4.69) is 47.4 Å². The Bertz CT molecular complexity index is 1080. The molecule has 0 spiro atoms. The highest BCUT2D eigenvalue weighted by molar-refractivity contribution is 5.41. The van der Waals surface area contributed by atoms with Gasteiger partial charge in [0, 0.05) is 23.7 Å². The maximum atomic E-state index is 9.58. The molecule has 3 N–H and O–H groups in total. The first-order chi connectivity index (χ1) is 17.7. The molecule has 5 rings (SSSR count). The van der Waals surface area contributed by atoms with Crippen molar-refractivity contribution in [3.8, 4) is 0 Å². The fraction of sp³-hybridized carbons (Fsp3) is 0.419. The minimum atomic E-state index is -0.504. The van der Waals surface area contributed by atoms with Gasteiger partial charge in [-0.15, -0.1) is 0 Å². The molecule has 3 aromatic rings. The van der Waals surface area contributed by atoms with Crippen LogP contribution in [0.2, 0.25) is 0 Å². The summed E-state index contributed by atoms with van der Waals surface area (Å²) < 4.78 is 13.6. The van der Waals surface area contributed by atoms with Crippen LogP contribution in [0.1, 0.15) is 72.7 Å². The van der Waals surface area contributed by atoms with Gasteiger partial charge in [-0.3, -0.25) is 0 Å². The van der Waals surface area contributed by atoms with Crippen molar-refractivity contribution in [1.29, 1.82) is 0 Å². The van der Waals surface area contributed by atoms with Crippen LogP contribution in [0.5, 0.6) is 0 Å². The molecule has 4 atom stereocenters. The van der Waals surface area contributed by atoms with Gasteiger partial charge in [0.15, 0.2) is 6.29 Å². The molecule has 2 saturated heterocycles. The van der Waals surface area contributed by atoms with Crippen LogP contribution >= 0.6 is 0 Å². The molecule has 190 valence electrons. The lowest BCUT2D eigenvalue weighted by atomic mass is 9.83. The fourth-order valence-corrected chi connectivity index (χ4v) is 5.62. The zero-order valence-corrected chi connectivity index (χ0v) is 21.0. The van der Waals surface area contributed by atoms with Gasteiger partial charge >= 0.3 is 0 Å². The van der Waals surface area contributed by atoms with Crippen molar-refractivity contribution >= 4 is 5.69 Å². The van der Waals surface area contributed by atoms with E-state index in [9.17, 15) is 5.11 Å². The average molecular weight is 487 g/mol. The molecule has 5 heteroatoms. The quantitative estimate of drug-likeness (QED) is 0.421. The first-order valence-electron chi connectivity index (χ1n) is 13.3. The maximum absolute atomic E-state index is 9.58. The van der Waals surface area contributed by atoms with E-state index in [0.717, 1.165) is 36.3 Å². The minimum absolute atomic E-state index is 0.0283. The van der Waals surface area contributed by atoms with Gasteiger partial charge in [-0.2, -0.15) is 0 Å². The lowest BCUT2D eigenvalue weighted by molar-refractivity contribution is -0.263. The zero-order chi connectivity index (χ0) is 24.7. The Morgan fingerprint density at radius 3 is 2.14 bits per heavy atom. The predicted molar refractivity (Wildman–Crippen MR) is 143 cm³/mol. The molecule has 3 aromatic carbocycles. The number of nitrogen functional groups attached to an aromatic ring is 1. The highest BCUT2D eigenvalue weighted by atomic mass is 16.7. The zero-order valence-electron chi connectivity index (χ0n) is 21.0. The molecule has 0 aromatic heterocycles. The first-order valence-corrected chi connectivity index (χ1v) is 13.3. The Morgan fingerprint density at radius 1 is 0.750 bits per heavy atom. The number of aliphatic hydroxyl groups is 1. The molecule has 2 aliphatic heterocycles. The number of benzene rings is 3. The van der Waals surface area contributed by atoms with Gasteiger partial charge in [0.2, 0.25) is 0 Å². The van der Waals surface area contributed by atoms with E-state index in [0.29, 0.717) is 5.69 Å². The largest absolute Gasteiger partial charge is 0.399 e. The van der Waals surface area contributed by atoms with E-state index >= 15 is 0 Å². The molecule has 1 unspecified atom stereocenters. The van der Waals surface area contributed by atoms with Crippen molar-refractivity contribution < 1.29 is 14.6 Å². The summed E-state index contributed by atoms with van der Waals surface area (Å²) in [7, 11) is 0. The number of aliphatic hydroxyl groups excluding tert-OH is 1. The Kier molecular flexibility index (Phi) is 8.34. The Balaban J connectivity index is 1.53. The fourth-order valence-electron chi connectivity index (χ4n) is 5.62. The van der Waals surface area contributed by atoms with Crippen LogP contribution in [-0.4, -0.2) is 35.7 Å². The molecular weight excluding hydrogens is 448 g/mol. The second kappa shape index (κ2) is 12.0. The molecule has 0 amide bonds. The van der Waals surface area contributed by atoms with Crippen molar-refractivity contribution in [3.63, 3.8) is 0 Å². The number of nitrogens with two attached hydrogens (primary N) is 1. The summed E-state index contributed by atoms with van der Waals surface area (Å²) in [5.74, 6) is 0.0360. The average Bonchev–Trinajstić information content (AvgIpc) is 2.90. The summed E-state index contributed by atoms with van der Waals surface area (Å²) in [6, 6.07) is 26.6. The number of ether oxygens (including phenoxy) is 2. The molecule has 36 heavy (non-hydrogen) atoms. The molecule has 0 radical (unpaired) electrons. The Hall–Kier alpha value is -2.70. The number of rotatable bonds is 6. The lowest BCUT2D eigenvalue weighted by Crippen LogP contribution is -2.45. The third-order valence-electron chi connectivity index (χ3n) is 7.54. The highest BCUT2D eigenvalue weighted by Gasteiger charge is 2.42. The van der Waals surface area contributed by atoms with Gasteiger partial charge in [-0.25, -0.2) is 0 Å². The SMILES string of the molecule is Nc1cccc(C2O[C@H](CN3CCCCCCC3)[C@@H](c3ccccc3)[C@H](c3ccc(CO)cc3)O2)c1. The van der Waals surface area contributed by atoms with Gasteiger partial charge in [0.05, 0.1) is 18.8 Å². The van der Waals surface area contributed by atoms with Crippen molar-refractivity contribution in [2.75, 3.05) is 25.4 Å².